The predicted molar refractivity (Wildman–Crippen MR) is 126 cm³/mol. The van der Waals surface area contributed by atoms with Gasteiger partial charge in [0, 0.05) is 24.0 Å². The van der Waals surface area contributed by atoms with Crippen LogP contribution in [0.25, 0.3) is 0 Å². The third kappa shape index (κ3) is 4.53. The molecule has 31 heavy (non-hydrogen) atoms. The van der Waals surface area contributed by atoms with E-state index in [1.54, 1.807) is 0 Å². The summed E-state index contributed by atoms with van der Waals surface area (Å²) in [6, 6.07) is 29.3. The maximum absolute atomic E-state index is 12.8. The molecule has 0 bridgehead atoms. The number of nitrogens with zero attached hydrogens (tertiary/aromatic N) is 1. The van der Waals surface area contributed by atoms with Crippen LogP contribution < -0.4 is 4.74 Å². The first-order valence-electron chi connectivity index (χ1n) is 10.9. The first kappa shape index (κ1) is 21.6. The van der Waals surface area contributed by atoms with E-state index in [1.165, 1.54) is 11.1 Å². The van der Waals surface area contributed by atoms with E-state index in [-0.39, 0.29) is 23.8 Å². The van der Waals surface area contributed by atoms with E-state index < -0.39 is 0 Å². The van der Waals surface area contributed by atoms with Crippen molar-refractivity contribution in [3.8, 4) is 5.75 Å². The molecule has 1 fully saturated rings. The van der Waals surface area contributed by atoms with Gasteiger partial charge in [0.2, 0.25) is 0 Å². The molecule has 3 aromatic carbocycles. The molecule has 2 heterocycles. The van der Waals surface area contributed by atoms with Gasteiger partial charge in [-0.15, -0.1) is 12.4 Å². The van der Waals surface area contributed by atoms with Crippen LogP contribution in [0.15, 0.2) is 84.9 Å². The molecule has 0 amide bonds. The van der Waals surface area contributed by atoms with Gasteiger partial charge in [0.1, 0.15) is 24.4 Å². The fourth-order valence-corrected chi connectivity index (χ4v) is 5.15. The summed E-state index contributed by atoms with van der Waals surface area (Å²) < 4.78 is 7.50. The highest BCUT2D eigenvalue weighted by Crippen LogP contribution is 2.41. The van der Waals surface area contributed by atoms with E-state index in [4.69, 9.17) is 4.74 Å². The summed E-state index contributed by atoms with van der Waals surface area (Å²) >= 11 is 0. The van der Waals surface area contributed by atoms with Gasteiger partial charge in [-0.3, -0.25) is 4.79 Å². The smallest absolute Gasteiger partial charge is 0.170 e. The number of quaternary nitrogens is 1. The van der Waals surface area contributed by atoms with Crippen molar-refractivity contribution in [2.24, 2.45) is 0 Å². The number of hydrogen-bond donors (Lipinski definition) is 0. The van der Waals surface area contributed by atoms with E-state index in [1.807, 2.05) is 24.3 Å². The zero-order valence-corrected chi connectivity index (χ0v) is 18.5. The van der Waals surface area contributed by atoms with Crippen molar-refractivity contribution in [1.82, 2.24) is 0 Å². The van der Waals surface area contributed by atoms with Crippen LogP contribution in [0.3, 0.4) is 0 Å². The van der Waals surface area contributed by atoms with E-state index in [0.29, 0.717) is 6.42 Å². The highest BCUT2D eigenvalue weighted by Gasteiger charge is 2.48. The maximum atomic E-state index is 12.8. The quantitative estimate of drug-likeness (QED) is 0.483. The Balaban J connectivity index is 0.00000231. The van der Waals surface area contributed by atoms with E-state index >= 15 is 0 Å². The Bertz CT molecular complexity index is 984. The van der Waals surface area contributed by atoms with Gasteiger partial charge in [-0.1, -0.05) is 72.8 Å². The molecule has 0 N–H and O–H groups in total. The van der Waals surface area contributed by atoms with Gasteiger partial charge >= 0.3 is 0 Å². The molecule has 3 aromatic rings. The van der Waals surface area contributed by atoms with Gasteiger partial charge in [-0.25, -0.2) is 0 Å². The minimum atomic E-state index is -0.347. The Morgan fingerprint density at radius 1 is 0.742 bits per heavy atom. The Morgan fingerprint density at radius 2 is 1.26 bits per heavy atom. The average Bonchev–Trinajstić information content (AvgIpc) is 2.78. The standard InChI is InChI=1S/C27H28NO2.ClH/c29-25-19-27(30-26-14-8-7-13-24(25)26)15-17-28(18-16-27,20-22-9-3-1-4-10-22)21-23-11-5-2-6-12-23;/h1-14H,15-21H2;1H/q+1;. The molecular formula is C27H29ClNO2+. The summed E-state index contributed by atoms with van der Waals surface area (Å²) in [5.41, 5.74) is 3.13. The Labute approximate surface area is 190 Å². The zero-order chi connectivity index (χ0) is 20.4. The first-order valence-corrected chi connectivity index (χ1v) is 10.9. The van der Waals surface area contributed by atoms with Crippen LogP contribution in [0.5, 0.6) is 5.75 Å². The summed E-state index contributed by atoms with van der Waals surface area (Å²) in [7, 11) is 0. The van der Waals surface area contributed by atoms with Crippen molar-refractivity contribution in [2.45, 2.75) is 38.0 Å². The number of halogens is 1. The number of ether oxygens (including phenoxy) is 1. The largest absolute Gasteiger partial charge is 0.486 e. The van der Waals surface area contributed by atoms with Gasteiger partial charge in [0.25, 0.3) is 0 Å². The second-order valence-corrected chi connectivity index (χ2v) is 8.96. The zero-order valence-electron chi connectivity index (χ0n) is 17.7. The van der Waals surface area contributed by atoms with Crippen LogP contribution in [-0.4, -0.2) is 29.0 Å². The number of Topliss-reactive ketones (excluding diaryl/α,β-unsaturated/α-hetero) is 1. The monoisotopic (exact) mass is 434 g/mol. The molecule has 160 valence electrons. The van der Waals surface area contributed by atoms with Crippen molar-refractivity contribution in [3.63, 3.8) is 0 Å². The number of para-hydroxylation sites is 1. The second kappa shape index (κ2) is 8.86. The maximum Gasteiger partial charge on any atom is 0.170 e. The number of fused-ring (bicyclic) bond motifs is 1. The Kier molecular flexibility index (Phi) is 6.17. The predicted octanol–water partition coefficient (Wildman–Crippen LogP) is 5.82. The number of piperidine rings is 1. The molecule has 0 unspecified atom stereocenters. The summed E-state index contributed by atoms with van der Waals surface area (Å²) in [4.78, 5) is 12.8. The summed E-state index contributed by atoms with van der Waals surface area (Å²) in [5, 5.41) is 0. The molecule has 1 spiro atoms. The molecule has 2 aliphatic rings. The number of benzene rings is 3. The molecule has 4 heteroatoms. The van der Waals surface area contributed by atoms with Crippen molar-refractivity contribution in [3.05, 3.63) is 102 Å². The average molecular weight is 435 g/mol. The minimum Gasteiger partial charge on any atom is -0.486 e. The van der Waals surface area contributed by atoms with E-state index in [9.17, 15) is 4.79 Å². The van der Waals surface area contributed by atoms with Crippen LogP contribution in [0.1, 0.15) is 40.7 Å². The molecule has 2 aliphatic heterocycles. The molecule has 5 rings (SSSR count). The fourth-order valence-electron chi connectivity index (χ4n) is 5.15. The minimum absolute atomic E-state index is 0. The summed E-state index contributed by atoms with van der Waals surface area (Å²) in [5.74, 6) is 0.989. The third-order valence-corrected chi connectivity index (χ3v) is 6.80. The first-order chi connectivity index (χ1) is 14.7. The van der Waals surface area contributed by atoms with E-state index in [2.05, 4.69) is 60.7 Å². The van der Waals surface area contributed by atoms with Gasteiger partial charge < -0.3 is 9.22 Å². The lowest BCUT2D eigenvalue weighted by Gasteiger charge is -2.49. The molecule has 0 aliphatic carbocycles. The van der Waals surface area contributed by atoms with Gasteiger partial charge in [0.05, 0.1) is 25.1 Å². The van der Waals surface area contributed by atoms with Gasteiger partial charge in [-0.05, 0) is 12.1 Å². The highest BCUT2D eigenvalue weighted by molar-refractivity contribution is 6.00. The molecule has 0 radical (unpaired) electrons. The molecule has 0 atom stereocenters. The van der Waals surface area contributed by atoms with Crippen LogP contribution in [-0.2, 0) is 13.1 Å². The number of likely N-dealkylation sites (tertiary alicyclic amines) is 1. The van der Waals surface area contributed by atoms with Crippen molar-refractivity contribution >= 4 is 18.2 Å². The molecular weight excluding hydrogens is 406 g/mol. The molecule has 1 saturated heterocycles. The topological polar surface area (TPSA) is 26.3 Å². The molecule has 0 saturated carbocycles. The summed E-state index contributed by atoms with van der Waals surface area (Å²) in [6.07, 6.45) is 2.32. The highest BCUT2D eigenvalue weighted by atomic mass is 35.5. The SMILES string of the molecule is Cl.O=C1CC2(CC[N+](Cc3ccccc3)(Cc3ccccc3)CC2)Oc2ccccc21. The van der Waals surface area contributed by atoms with Crippen molar-refractivity contribution < 1.29 is 14.0 Å². The van der Waals surface area contributed by atoms with Crippen molar-refractivity contribution in [1.29, 1.82) is 0 Å². The van der Waals surface area contributed by atoms with Crippen LogP contribution in [0.2, 0.25) is 0 Å². The molecule has 0 aromatic heterocycles. The lowest BCUT2D eigenvalue weighted by molar-refractivity contribution is -0.959. The number of ketones is 1. The number of rotatable bonds is 4. The fraction of sp³-hybridized carbons (Fsp3) is 0.296. The second-order valence-electron chi connectivity index (χ2n) is 8.96. The van der Waals surface area contributed by atoms with Gasteiger partial charge in [0.15, 0.2) is 5.78 Å². The normalized spacial score (nSPS) is 18.5. The number of carbonyl (C=O) groups excluding carboxylic acids is 1. The van der Waals surface area contributed by atoms with Crippen molar-refractivity contribution in [2.75, 3.05) is 13.1 Å². The van der Waals surface area contributed by atoms with Gasteiger partial charge in [-0.2, -0.15) is 0 Å². The number of carbonyl (C=O) groups is 1. The molecule has 3 nitrogen and oxygen atoms in total. The van der Waals surface area contributed by atoms with Crippen LogP contribution in [0, 0.1) is 0 Å². The lowest BCUT2D eigenvalue weighted by atomic mass is 9.81. The Morgan fingerprint density at radius 3 is 1.84 bits per heavy atom. The third-order valence-electron chi connectivity index (χ3n) is 6.80. The van der Waals surface area contributed by atoms with E-state index in [0.717, 1.165) is 54.8 Å². The summed E-state index contributed by atoms with van der Waals surface area (Å²) in [6.45, 7) is 4.05. The van der Waals surface area contributed by atoms with Crippen LogP contribution in [0.4, 0.5) is 0 Å². The lowest BCUT2D eigenvalue weighted by Crippen LogP contribution is -2.59. The Hall–Kier alpha value is -2.62. The van der Waals surface area contributed by atoms with Crippen LogP contribution >= 0.6 is 12.4 Å². The number of hydrogen-bond acceptors (Lipinski definition) is 2.